The Morgan fingerprint density at radius 1 is 1.16 bits per heavy atom. The zero-order valence-corrected chi connectivity index (χ0v) is 15.6. The summed E-state index contributed by atoms with van der Waals surface area (Å²) in [5.41, 5.74) is 3.32. The lowest BCUT2D eigenvalue weighted by Gasteiger charge is -2.17. The number of para-hydroxylation sites is 1. The SMILES string of the molecule is CC[C@H](C)c1ccccc1NC(=O)C[NH+](C)Cc1ccc(OC)cc1. The zero-order valence-electron chi connectivity index (χ0n) is 15.6. The van der Waals surface area contributed by atoms with Gasteiger partial charge in [0.1, 0.15) is 12.3 Å². The molecule has 1 amide bonds. The number of quaternary nitrogens is 1. The number of hydrogen-bond donors (Lipinski definition) is 2. The molecule has 0 spiro atoms. The Labute approximate surface area is 150 Å². The van der Waals surface area contributed by atoms with Gasteiger partial charge in [0, 0.05) is 11.3 Å². The summed E-state index contributed by atoms with van der Waals surface area (Å²) in [6.45, 7) is 5.58. The van der Waals surface area contributed by atoms with E-state index in [-0.39, 0.29) is 5.91 Å². The van der Waals surface area contributed by atoms with Gasteiger partial charge in [0.15, 0.2) is 6.54 Å². The standard InChI is InChI=1S/C21H28N2O2/c1-5-16(2)19-8-6-7-9-20(19)22-21(24)15-23(3)14-17-10-12-18(25-4)13-11-17/h6-13,16H,5,14-15H2,1-4H3,(H,22,24)/p+1/t16-/m0/s1. The molecule has 0 aliphatic rings. The monoisotopic (exact) mass is 341 g/mol. The van der Waals surface area contributed by atoms with Gasteiger partial charge in [-0.15, -0.1) is 0 Å². The molecular formula is C21H29N2O2+. The van der Waals surface area contributed by atoms with Crippen molar-refractivity contribution in [1.29, 1.82) is 0 Å². The third-order valence-corrected chi connectivity index (χ3v) is 4.51. The van der Waals surface area contributed by atoms with Crippen LogP contribution in [0.3, 0.4) is 0 Å². The van der Waals surface area contributed by atoms with Crippen molar-refractivity contribution in [2.24, 2.45) is 0 Å². The number of anilines is 1. The van der Waals surface area contributed by atoms with E-state index in [9.17, 15) is 4.79 Å². The summed E-state index contributed by atoms with van der Waals surface area (Å²) in [5, 5.41) is 3.08. The van der Waals surface area contributed by atoms with E-state index in [0.717, 1.165) is 29.3 Å². The summed E-state index contributed by atoms with van der Waals surface area (Å²) in [7, 11) is 3.69. The number of hydrogen-bond acceptors (Lipinski definition) is 2. The molecule has 0 fully saturated rings. The van der Waals surface area contributed by atoms with E-state index in [0.29, 0.717) is 12.5 Å². The minimum absolute atomic E-state index is 0.0433. The maximum absolute atomic E-state index is 12.4. The van der Waals surface area contributed by atoms with Gasteiger partial charge in [-0.2, -0.15) is 0 Å². The van der Waals surface area contributed by atoms with Crippen LogP contribution in [0.2, 0.25) is 0 Å². The summed E-state index contributed by atoms with van der Waals surface area (Å²) < 4.78 is 5.17. The van der Waals surface area contributed by atoms with Crippen LogP contribution in [-0.4, -0.2) is 26.6 Å². The number of carbonyl (C=O) groups excluding carboxylic acids is 1. The first kappa shape index (κ1) is 19.0. The predicted molar refractivity (Wildman–Crippen MR) is 102 cm³/mol. The van der Waals surface area contributed by atoms with Gasteiger partial charge < -0.3 is 15.0 Å². The molecule has 2 aromatic rings. The first-order chi connectivity index (χ1) is 12.0. The lowest BCUT2D eigenvalue weighted by Crippen LogP contribution is -3.08. The Morgan fingerprint density at radius 3 is 2.48 bits per heavy atom. The van der Waals surface area contributed by atoms with Crippen molar-refractivity contribution in [3.8, 4) is 5.75 Å². The van der Waals surface area contributed by atoms with E-state index in [1.165, 1.54) is 11.1 Å². The summed E-state index contributed by atoms with van der Waals surface area (Å²) in [4.78, 5) is 13.6. The second-order valence-corrected chi connectivity index (χ2v) is 6.60. The van der Waals surface area contributed by atoms with Gasteiger partial charge in [-0.25, -0.2) is 0 Å². The number of methoxy groups -OCH3 is 1. The third-order valence-electron chi connectivity index (χ3n) is 4.51. The van der Waals surface area contributed by atoms with E-state index >= 15 is 0 Å². The highest BCUT2D eigenvalue weighted by molar-refractivity contribution is 5.92. The zero-order chi connectivity index (χ0) is 18.2. The van der Waals surface area contributed by atoms with Gasteiger partial charge in [0.25, 0.3) is 5.91 Å². The number of ether oxygens (including phenoxy) is 1. The molecule has 1 unspecified atom stereocenters. The van der Waals surface area contributed by atoms with Gasteiger partial charge >= 0.3 is 0 Å². The molecule has 134 valence electrons. The van der Waals surface area contributed by atoms with Crippen LogP contribution in [0, 0.1) is 0 Å². The molecule has 4 nitrogen and oxygen atoms in total. The molecule has 0 aliphatic heterocycles. The number of likely N-dealkylation sites (N-methyl/N-ethyl adjacent to an activating group) is 1. The maximum Gasteiger partial charge on any atom is 0.279 e. The number of carbonyl (C=O) groups is 1. The molecule has 0 heterocycles. The van der Waals surface area contributed by atoms with Crippen molar-refractivity contribution in [3.63, 3.8) is 0 Å². The average molecular weight is 341 g/mol. The topological polar surface area (TPSA) is 42.8 Å². The number of amides is 1. The van der Waals surface area contributed by atoms with Crippen LogP contribution < -0.4 is 15.0 Å². The summed E-state index contributed by atoms with van der Waals surface area (Å²) in [5.74, 6) is 1.32. The maximum atomic E-state index is 12.4. The molecule has 0 saturated carbocycles. The summed E-state index contributed by atoms with van der Waals surface area (Å²) >= 11 is 0. The van der Waals surface area contributed by atoms with E-state index in [1.54, 1.807) is 7.11 Å². The molecular weight excluding hydrogens is 312 g/mol. The molecule has 0 saturated heterocycles. The van der Waals surface area contributed by atoms with Crippen molar-refractivity contribution >= 4 is 11.6 Å². The van der Waals surface area contributed by atoms with E-state index < -0.39 is 0 Å². The predicted octanol–water partition coefficient (Wildman–Crippen LogP) is 2.86. The first-order valence-corrected chi connectivity index (χ1v) is 8.86. The van der Waals surface area contributed by atoms with E-state index in [4.69, 9.17) is 4.74 Å². The van der Waals surface area contributed by atoms with Gasteiger partial charge in [-0.3, -0.25) is 4.79 Å². The average Bonchev–Trinajstić information content (AvgIpc) is 2.62. The number of rotatable bonds is 8. The molecule has 0 bridgehead atoms. The van der Waals surface area contributed by atoms with Crippen molar-refractivity contribution < 1.29 is 14.4 Å². The fourth-order valence-electron chi connectivity index (χ4n) is 2.88. The van der Waals surface area contributed by atoms with Crippen LogP contribution in [0.4, 0.5) is 5.69 Å². The van der Waals surface area contributed by atoms with E-state index in [1.807, 2.05) is 49.5 Å². The molecule has 0 radical (unpaired) electrons. The third kappa shape index (κ3) is 5.61. The fraction of sp³-hybridized carbons (Fsp3) is 0.381. The molecule has 2 rings (SSSR count). The highest BCUT2D eigenvalue weighted by Gasteiger charge is 2.14. The van der Waals surface area contributed by atoms with Gasteiger partial charge in [0.2, 0.25) is 0 Å². The number of benzene rings is 2. The van der Waals surface area contributed by atoms with Crippen LogP contribution in [0.15, 0.2) is 48.5 Å². The molecule has 25 heavy (non-hydrogen) atoms. The lowest BCUT2D eigenvalue weighted by molar-refractivity contribution is -0.885. The summed E-state index contributed by atoms with van der Waals surface area (Å²) in [6.07, 6.45) is 1.05. The minimum atomic E-state index is 0.0433. The second-order valence-electron chi connectivity index (χ2n) is 6.60. The Bertz CT molecular complexity index is 683. The summed E-state index contributed by atoms with van der Waals surface area (Å²) in [6, 6.07) is 16.1. The van der Waals surface area contributed by atoms with Crippen LogP contribution in [0.25, 0.3) is 0 Å². The smallest absolute Gasteiger partial charge is 0.279 e. The number of nitrogens with one attached hydrogen (secondary N) is 2. The van der Waals surface area contributed by atoms with E-state index in [2.05, 4.69) is 25.2 Å². The van der Waals surface area contributed by atoms with Crippen LogP contribution in [-0.2, 0) is 11.3 Å². The van der Waals surface area contributed by atoms with Gasteiger partial charge in [-0.1, -0.05) is 32.0 Å². The second kappa shape index (κ2) is 9.23. The van der Waals surface area contributed by atoms with Crippen LogP contribution >= 0.6 is 0 Å². The Kier molecular flexibility index (Phi) is 7.02. The molecule has 2 N–H and O–H groups in total. The fourth-order valence-corrected chi connectivity index (χ4v) is 2.88. The highest BCUT2D eigenvalue weighted by Crippen LogP contribution is 2.26. The normalized spacial score (nSPS) is 13.1. The van der Waals surface area contributed by atoms with Crippen molar-refractivity contribution in [1.82, 2.24) is 0 Å². The van der Waals surface area contributed by atoms with Crippen LogP contribution in [0.1, 0.15) is 37.3 Å². The van der Waals surface area contributed by atoms with Crippen molar-refractivity contribution in [2.75, 3.05) is 26.0 Å². The molecule has 0 aromatic heterocycles. The van der Waals surface area contributed by atoms with Gasteiger partial charge in [-0.05, 0) is 48.2 Å². The largest absolute Gasteiger partial charge is 0.497 e. The highest BCUT2D eigenvalue weighted by atomic mass is 16.5. The Morgan fingerprint density at radius 2 is 1.84 bits per heavy atom. The van der Waals surface area contributed by atoms with Crippen LogP contribution in [0.5, 0.6) is 5.75 Å². The van der Waals surface area contributed by atoms with Gasteiger partial charge in [0.05, 0.1) is 14.2 Å². The van der Waals surface area contributed by atoms with Crippen molar-refractivity contribution in [3.05, 3.63) is 59.7 Å². The molecule has 2 atom stereocenters. The first-order valence-electron chi connectivity index (χ1n) is 8.86. The van der Waals surface area contributed by atoms with Crippen molar-refractivity contribution in [2.45, 2.75) is 32.7 Å². The Balaban J connectivity index is 1.93. The molecule has 2 aromatic carbocycles. The Hall–Kier alpha value is -2.33. The minimum Gasteiger partial charge on any atom is -0.497 e. The molecule has 4 heteroatoms. The lowest BCUT2D eigenvalue weighted by atomic mass is 9.97. The quantitative estimate of drug-likeness (QED) is 0.775. The molecule has 0 aliphatic carbocycles.